The van der Waals surface area contributed by atoms with Gasteiger partial charge in [-0.15, -0.1) is 0 Å². The lowest BCUT2D eigenvalue weighted by Gasteiger charge is -2.19. The second-order valence-electron chi connectivity index (χ2n) is 5.24. The number of nitrogens with two attached hydrogens (primary N) is 1. The van der Waals surface area contributed by atoms with E-state index in [1.807, 2.05) is 0 Å². The molecule has 0 aromatic heterocycles. The number of aryl methyl sites for hydroxylation is 3. The summed E-state index contributed by atoms with van der Waals surface area (Å²) in [6.45, 7) is 8.34. The Morgan fingerprint density at radius 1 is 1.19 bits per heavy atom. The first-order valence-corrected chi connectivity index (χ1v) is 5.76. The van der Waals surface area contributed by atoms with Crippen LogP contribution in [0.15, 0.2) is 12.1 Å². The van der Waals surface area contributed by atoms with Gasteiger partial charge in [-0.25, -0.2) is 0 Å². The van der Waals surface area contributed by atoms with Crippen molar-refractivity contribution in [2.75, 3.05) is 7.11 Å². The van der Waals surface area contributed by atoms with Crippen LogP contribution in [-0.4, -0.2) is 12.6 Å². The number of hydrogen-bond acceptors (Lipinski definition) is 2. The van der Waals surface area contributed by atoms with Gasteiger partial charge < -0.3 is 10.5 Å². The molecule has 2 heteroatoms. The Hall–Kier alpha value is -1.02. The summed E-state index contributed by atoms with van der Waals surface area (Å²) in [6.07, 6.45) is 2.03. The van der Waals surface area contributed by atoms with Gasteiger partial charge in [-0.05, 0) is 63.3 Å². The van der Waals surface area contributed by atoms with E-state index in [1.54, 1.807) is 7.11 Å². The molecule has 0 saturated heterocycles. The maximum absolute atomic E-state index is 6.00. The third-order valence-corrected chi connectivity index (χ3v) is 2.89. The molecule has 0 spiro atoms. The molecule has 0 amide bonds. The van der Waals surface area contributed by atoms with Gasteiger partial charge in [-0.1, -0.05) is 6.07 Å². The lowest BCUT2D eigenvalue weighted by molar-refractivity contribution is 0.411. The highest BCUT2D eigenvalue weighted by Gasteiger charge is 2.12. The minimum absolute atomic E-state index is 0.0970. The van der Waals surface area contributed by atoms with E-state index in [0.29, 0.717) is 0 Å². The lowest BCUT2D eigenvalue weighted by Crippen LogP contribution is -2.32. The fourth-order valence-electron chi connectivity index (χ4n) is 1.80. The van der Waals surface area contributed by atoms with E-state index in [1.165, 1.54) is 16.7 Å². The summed E-state index contributed by atoms with van der Waals surface area (Å²) in [5, 5.41) is 0. The Labute approximate surface area is 98.8 Å². The molecule has 2 nitrogen and oxygen atoms in total. The second kappa shape index (κ2) is 4.88. The molecule has 0 aliphatic carbocycles. The Kier molecular flexibility index (Phi) is 3.98. The van der Waals surface area contributed by atoms with Crippen LogP contribution in [0, 0.1) is 13.8 Å². The first-order chi connectivity index (χ1) is 7.33. The van der Waals surface area contributed by atoms with Crippen LogP contribution in [0.4, 0.5) is 0 Å². The zero-order valence-corrected chi connectivity index (χ0v) is 11.1. The van der Waals surface area contributed by atoms with Gasteiger partial charge in [0, 0.05) is 5.54 Å². The molecule has 1 aromatic carbocycles. The fraction of sp³-hybridized carbons (Fsp3) is 0.571. The molecular weight excluding hydrogens is 198 g/mol. The predicted molar refractivity (Wildman–Crippen MR) is 69.1 cm³/mol. The highest BCUT2D eigenvalue weighted by Crippen LogP contribution is 2.24. The smallest absolute Gasteiger partial charge is 0.122 e. The van der Waals surface area contributed by atoms with Crippen molar-refractivity contribution in [3.63, 3.8) is 0 Å². The van der Waals surface area contributed by atoms with Crippen molar-refractivity contribution < 1.29 is 4.74 Å². The molecule has 1 aromatic rings. The molecule has 16 heavy (non-hydrogen) atoms. The van der Waals surface area contributed by atoms with Crippen molar-refractivity contribution in [3.05, 3.63) is 28.8 Å². The molecule has 2 N–H and O–H groups in total. The van der Waals surface area contributed by atoms with Crippen LogP contribution in [0.3, 0.4) is 0 Å². The molecule has 0 radical (unpaired) electrons. The van der Waals surface area contributed by atoms with Crippen LogP contribution in [0.2, 0.25) is 0 Å². The van der Waals surface area contributed by atoms with Crippen LogP contribution in [-0.2, 0) is 6.42 Å². The van der Waals surface area contributed by atoms with E-state index in [-0.39, 0.29) is 5.54 Å². The monoisotopic (exact) mass is 221 g/mol. The maximum Gasteiger partial charge on any atom is 0.122 e. The summed E-state index contributed by atoms with van der Waals surface area (Å²) in [4.78, 5) is 0. The molecule has 0 atom stereocenters. The summed E-state index contributed by atoms with van der Waals surface area (Å²) in [7, 11) is 1.71. The SMILES string of the molecule is COc1cc(C)c(CCC(C)(C)N)cc1C. The zero-order chi connectivity index (χ0) is 12.3. The summed E-state index contributed by atoms with van der Waals surface area (Å²) < 4.78 is 5.30. The Bertz CT molecular complexity index is 364. The van der Waals surface area contributed by atoms with Gasteiger partial charge in [-0.2, -0.15) is 0 Å². The van der Waals surface area contributed by atoms with Gasteiger partial charge in [-0.3, -0.25) is 0 Å². The summed E-state index contributed by atoms with van der Waals surface area (Å²) in [6, 6.07) is 4.31. The minimum atomic E-state index is -0.0970. The highest BCUT2D eigenvalue weighted by molar-refractivity contribution is 5.41. The quantitative estimate of drug-likeness (QED) is 0.848. The van der Waals surface area contributed by atoms with E-state index in [9.17, 15) is 0 Å². The molecule has 1 rings (SSSR count). The van der Waals surface area contributed by atoms with Crippen LogP contribution in [0.5, 0.6) is 5.75 Å². The number of benzene rings is 1. The molecular formula is C14H23NO. The number of methoxy groups -OCH3 is 1. The van der Waals surface area contributed by atoms with Gasteiger partial charge in [0.05, 0.1) is 7.11 Å². The Morgan fingerprint density at radius 3 is 2.31 bits per heavy atom. The van der Waals surface area contributed by atoms with Crippen molar-refractivity contribution in [2.24, 2.45) is 5.73 Å². The number of hydrogen-bond donors (Lipinski definition) is 1. The van der Waals surface area contributed by atoms with Crippen molar-refractivity contribution in [3.8, 4) is 5.75 Å². The molecule has 90 valence electrons. The minimum Gasteiger partial charge on any atom is -0.496 e. The van der Waals surface area contributed by atoms with Crippen LogP contribution in [0.25, 0.3) is 0 Å². The van der Waals surface area contributed by atoms with Gasteiger partial charge >= 0.3 is 0 Å². The number of rotatable bonds is 4. The Morgan fingerprint density at radius 2 is 1.81 bits per heavy atom. The molecule has 0 fully saturated rings. The molecule has 0 bridgehead atoms. The number of ether oxygens (including phenoxy) is 1. The van der Waals surface area contributed by atoms with E-state index >= 15 is 0 Å². The first kappa shape index (κ1) is 13.0. The van der Waals surface area contributed by atoms with Gasteiger partial charge in [0.1, 0.15) is 5.75 Å². The largest absolute Gasteiger partial charge is 0.496 e. The molecule has 0 heterocycles. The lowest BCUT2D eigenvalue weighted by atomic mass is 9.93. The Balaban J connectivity index is 2.86. The van der Waals surface area contributed by atoms with Crippen molar-refractivity contribution >= 4 is 0 Å². The van der Waals surface area contributed by atoms with E-state index in [0.717, 1.165) is 18.6 Å². The van der Waals surface area contributed by atoms with Crippen molar-refractivity contribution in [1.29, 1.82) is 0 Å². The van der Waals surface area contributed by atoms with E-state index in [2.05, 4.69) is 39.8 Å². The van der Waals surface area contributed by atoms with Crippen molar-refractivity contribution in [1.82, 2.24) is 0 Å². The van der Waals surface area contributed by atoms with E-state index in [4.69, 9.17) is 10.5 Å². The molecule has 0 aliphatic rings. The summed E-state index contributed by atoms with van der Waals surface area (Å²) in [5.41, 5.74) is 9.75. The predicted octanol–water partition coefficient (Wildman–Crippen LogP) is 2.98. The van der Waals surface area contributed by atoms with Gasteiger partial charge in [0.15, 0.2) is 0 Å². The highest BCUT2D eigenvalue weighted by atomic mass is 16.5. The average Bonchev–Trinajstić information content (AvgIpc) is 2.17. The first-order valence-electron chi connectivity index (χ1n) is 5.76. The zero-order valence-electron chi connectivity index (χ0n) is 11.1. The summed E-state index contributed by atoms with van der Waals surface area (Å²) in [5.74, 6) is 0.966. The normalized spacial score (nSPS) is 11.6. The van der Waals surface area contributed by atoms with Gasteiger partial charge in [0.25, 0.3) is 0 Å². The summed E-state index contributed by atoms with van der Waals surface area (Å²) >= 11 is 0. The average molecular weight is 221 g/mol. The maximum atomic E-state index is 6.00. The standard InChI is InChI=1S/C14H23NO/c1-10-9-13(16-5)11(2)8-12(10)6-7-14(3,4)15/h8-9H,6-7,15H2,1-5H3. The molecule has 0 unspecified atom stereocenters. The molecule has 0 saturated carbocycles. The van der Waals surface area contributed by atoms with E-state index < -0.39 is 0 Å². The fourth-order valence-corrected chi connectivity index (χ4v) is 1.80. The van der Waals surface area contributed by atoms with Crippen LogP contribution >= 0.6 is 0 Å². The van der Waals surface area contributed by atoms with Crippen LogP contribution < -0.4 is 10.5 Å². The topological polar surface area (TPSA) is 35.2 Å². The van der Waals surface area contributed by atoms with Gasteiger partial charge in [0.2, 0.25) is 0 Å². The second-order valence-corrected chi connectivity index (χ2v) is 5.24. The third-order valence-electron chi connectivity index (χ3n) is 2.89. The molecule has 0 aliphatic heterocycles. The van der Waals surface area contributed by atoms with Crippen molar-refractivity contribution in [2.45, 2.75) is 46.1 Å². The van der Waals surface area contributed by atoms with Crippen LogP contribution in [0.1, 0.15) is 37.0 Å². The third kappa shape index (κ3) is 3.53.